The molecule has 5 rings (SSSR count). The first-order valence-electron chi connectivity index (χ1n) is 12.3. The lowest BCUT2D eigenvalue weighted by Crippen LogP contribution is -2.30. The maximum atomic E-state index is 13.1. The number of hydrogen-bond acceptors (Lipinski definition) is 4. The maximum Gasteiger partial charge on any atom is 0.261 e. The van der Waals surface area contributed by atoms with Crippen LogP contribution in [0.3, 0.4) is 0 Å². The Morgan fingerprint density at radius 2 is 1.64 bits per heavy atom. The number of anilines is 2. The zero-order valence-electron chi connectivity index (χ0n) is 20.7. The van der Waals surface area contributed by atoms with Crippen molar-refractivity contribution in [3.63, 3.8) is 0 Å². The monoisotopic (exact) mass is 502 g/mol. The van der Waals surface area contributed by atoms with E-state index in [-0.39, 0.29) is 27.9 Å². The van der Waals surface area contributed by atoms with Crippen LogP contribution in [0.5, 0.6) is 0 Å². The number of benzene rings is 3. The molecule has 0 saturated heterocycles. The summed E-state index contributed by atoms with van der Waals surface area (Å²) >= 11 is 0. The van der Waals surface area contributed by atoms with E-state index in [2.05, 4.69) is 25.5 Å². The molecule has 1 heterocycles. The molecule has 7 heteroatoms. The van der Waals surface area contributed by atoms with Gasteiger partial charge < -0.3 is 4.90 Å². The van der Waals surface area contributed by atoms with Gasteiger partial charge in [0.15, 0.2) is 5.78 Å². The molecule has 1 N–H and O–H groups in total. The molecule has 1 aliphatic carbocycles. The molecule has 1 amide bonds. The van der Waals surface area contributed by atoms with E-state index in [9.17, 15) is 18.0 Å². The zero-order valence-corrected chi connectivity index (χ0v) is 21.6. The van der Waals surface area contributed by atoms with Crippen molar-refractivity contribution in [2.24, 2.45) is 5.92 Å². The second-order valence-electron chi connectivity index (χ2n) is 10.6. The standard InChI is InChI=1S/C29H30N2O4S/c1-29(2,3)23-11-9-19(10-12-23)27(32)22-5-4-6-24(17-22)30-36(34,35)25-13-14-26-21(18-25)15-16-31(26)28(33)20-7-8-20/h4-6,9-14,17-18,20,30H,7-8,15-16H2,1-3H3. The average molecular weight is 503 g/mol. The Morgan fingerprint density at radius 3 is 2.31 bits per heavy atom. The van der Waals surface area contributed by atoms with Gasteiger partial charge in [0.2, 0.25) is 5.91 Å². The zero-order chi connectivity index (χ0) is 25.7. The van der Waals surface area contributed by atoms with Crippen molar-refractivity contribution in [3.05, 3.63) is 89.0 Å². The second-order valence-corrected chi connectivity index (χ2v) is 12.3. The molecule has 0 bridgehead atoms. The molecule has 0 aromatic heterocycles. The maximum absolute atomic E-state index is 13.1. The number of carbonyl (C=O) groups is 2. The SMILES string of the molecule is CC(C)(C)c1ccc(C(=O)c2cccc(NS(=O)(=O)c3ccc4c(c3)CCN4C(=O)C3CC3)c2)cc1. The van der Waals surface area contributed by atoms with Gasteiger partial charge in [-0.1, -0.05) is 57.2 Å². The Bertz CT molecular complexity index is 1450. The normalized spacial score (nSPS) is 15.5. The highest BCUT2D eigenvalue weighted by Crippen LogP contribution is 2.37. The number of ketones is 1. The van der Waals surface area contributed by atoms with E-state index in [1.165, 1.54) is 6.07 Å². The van der Waals surface area contributed by atoms with E-state index in [1.807, 2.05) is 24.3 Å². The molecular weight excluding hydrogens is 472 g/mol. The predicted octanol–water partition coefficient (Wildman–Crippen LogP) is 5.32. The molecule has 1 aliphatic heterocycles. The molecule has 3 aromatic carbocycles. The summed E-state index contributed by atoms with van der Waals surface area (Å²) in [5.41, 5.74) is 4.05. The summed E-state index contributed by atoms with van der Waals surface area (Å²) in [6, 6.07) is 18.9. The minimum atomic E-state index is -3.87. The lowest BCUT2D eigenvalue weighted by molar-refractivity contribution is -0.119. The molecule has 0 unspecified atom stereocenters. The van der Waals surface area contributed by atoms with E-state index < -0.39 is 10.0 Å². The Kier molecular flexibility index (Phi) is 5.99. The number of nitrogens with one attached hydrogen (secondary N) is 1. The van der Waals surface area contributed by atoms with E-state index in [0.717, 1.165) is 29.7 Å². The summed E-state index contributed by atoms with van der Waals surface area (Å²) in [5, 5.41) is 0. The summed E-state index contributed by atoms with van der Waals surface area (Å²) in [6.45, 7) is 6.93. The van der Waals surface area contributed by atoms with E-state index >= 15 is 0 Å². The van der Waals surface area contributed by atoms with Crippen molar-refractivity contribution in [3.8, 4) is 0 Å². The molecule has 3 aromatic rings. The van der Waals surface area contributed by atoms with E-state index in [1.54, 1.807) is 41.3 Å². The highest BCUT2D eigenvalue weighted by molar-refractivity contribution is 7.92. The van der Waals surface area contributed by atoms with Crippen molar-refractivity contribution in [1.82, 2.24) is 0 Å². The van der Waals surface area contributed by atoms with Crippen molar-refractivity contribution >= 4 is 33.1 Å². The number of rotatable bonds is 6. The quantitative estimate of drug-likeness (QED) is 0.463. The Hall–Kier alpha value is -3.45. The van der Waals surface area contributed by atoms with Gasteiger partial charge in [0.25, 0.3) is 10.0 Å². The third kappa shape index (κ3) is 4.80. The molecule has 1 fully saturated rings. The van der Waals surface area contributed by atoms with Crippen LogP contribution in [0.15, 0.2) is 71.6 Å². The predicted molar refractivity (Wildman–Crippen MR) is 141 cm³/mol. The molecule has 0 radical (unpaired) electrons. The minimum absolute atomic E-state index is 0.0115. The number of amides is 1. The van der Waals surface area contributed by atoms with Crippen LogP contribution in [0.1, 0.15) is 60.7 Å². The molecule has 0 spiro atoms. The Balaban J connectivity index is 1.34. The van der Waals surface area contributed by atoms with Gasteiger partial charge in [-0.15, -0.1) is 0 Å². The largest absolute Gasteiger partial charge is 0.312 e. The van der Waals surface area contributed by atoms with Gasteiger partial charge in [0.1, 0.15) is 0 Å². The number of carbonyl (C=O) groups excluding carboxylic acids is 2. The lowest BCUT2D eigenvalue weighted by atomic mass is 9.86. The van der Waals surface area contributed by atoms with Crippen molar-refractivity contribution in [2.75, 3.05) is 16.2 Å². The van der Waals surface area contributed by atoms with Crippen LogP contribution in [-0.4, -0.2) is 26.7 Å². The average Bonchev–Trinajstić information content (AvgIpc) is 3.61. The van der Waals surface area contributed by atoms with Crippen molar-refractivity contribution in [1.29, 1.82) is 0 Å². The third-order valence-electron chi connectivity index (χ3n) is 6.84. The van der Waals surface area contributed by atoms with Gasteiger partial charge in [-0.25, -0.2) is 8.42 Å². The second kappa shape index (κ2) is 8.89. The first-order valence-corrected chi connectivity index (χ1v) is 13.7. The third-order valence-corrected chi connectivity index (χ3v) is 8.22. The molecule has 186 valence electrons. The molecule has 36 heavy (non-hydrogen) atoms. The number of fused-ring (bicyclic) bond motifs is 1. The fraction of sp³-hybridized carbons (Fsp3) is 0.310. The van der Waals surface area contributed by atoms with Crippen LogP contribution in [-0.2, 0) is 26.7 Å². The topological polar surface area (TPSA) is 83.6 Å². The summed E-state index contributed by atoms with van der Waals surface area (Å²) in [5.74, 6) is 0.0823. The highest BCUT2D eigenvalue weighted by Gasteiger charge is 2.36. The number of nitrogens with zero attached hydrogens (tertiary/aromatic N) is 1. The van der Waals surface area contributed by atoms with Gasteiger partial charge in [-0.3, -0.25) is 14.3 Å². The first-order chi connectivity index (χ1) is 17.0. The van der Waals surface area contributed by atoms with Crippen LogP contribution in [0.2, 0.25) is 0 Å². The van der Waals surface area contributed by atoms with E-state index in [4.69, 9.17) is 0 Å². The van der Waals surface area contributed by atoms with Gasteiger partial charge >= 0.3 is 0 Å². The smallest absolute Gasteiger partial charge is 0.261 e. The highest BCUT2D eigenvalue weighted by atomic mass is 32.2. The molecule has 6 nitrogen and oxygen atoms in total. The number of hydrogen-bond donors (Lipinski definition) is 1. The van der Waals surface area contributed by atoms with Gasteiger partial charge in [0, 0.05) is 35.0 Å². The minimum Gasteiger partial charge on any atom is -0.312 e. The fourth-order valence-electron chi connectivity index (χ4n) is 4.55. The first kappa shape index (κ1) is 24.3. The fourth-order valence-corrected chi connectivity index (χ4v) is 5.65. The van der Waals surface area contributed by atoms with E-state index in [0.29, 0.717) is 29.8 Å². The summed E-state index contributed by atoms with van der Waals surface area (Å²) in [6.07, 6.45) is 2.50. The van der Waals surface area contributed by atoms with Gasteiger partial charge in [-0.2, -0.15) is 0 Å². The van der Waals surface area contributed by atoms with Crippen LogP contribution in [0, 0.1) is 5.92 Å². The summed E-state index contributed by atoms with van der Waals surface area (Å²) < 4.78 is 28.9. The van der Waals surface area contributed by atoms with Gasteiger partial charge in [0.05, 0.1) is 4.90 Å². The molecule has 0 atom stereocenters. The molecular formula is C29H30N2O4S. The van der Waals surface area contributed by atoms with Crippen LogP contribution >= 0.6 is 0 Å². The number of sulfonamides is 1. The Labute approximate surface area is 212 Å². The van der Waals surface area contributed by atoms with Gasteiger partial charge in [-0.05, 0) is 66.1 Å². The molecule has 2 aliphatic rings. The van der Waals surface area contributed by atoms with Crippen LogP contribution in [0.4, 0.5) is 11.4 Å². The summed E-state index contributed by atoms with van der Waals surface area (Å²) in [7, 11) is -3.87. The Morgan fingerprint density at radius 1 is 0.917 bits per heavy atom. The summed E-state index contributed by atoms with van der Waals surface area (Å²) in [4.78, 5) is 27.5. The van der Waals surface area contributed by atoms with Crippen molar-refractivity contribution in [2.45, 2.75) is 50.3 Å². The van der Waals surface area contributed by atoms with Crippen LogP contribution < -0.4 is 9.62 Å². The van der Waals surface area contributed by atoms with Crippen LogP contribution in [0.25, 0.3) is 0 Å². The lowest BCUT2D eigenvalue weighted by Gasteiger charge is -2.19. The molecule has 1 saturated carbocycles. The van der Waals surface area contributed by atoms with Crippen molar-refractivity contribution < 1.29 is 18.0 Å².